The number of rotatable bonds is 8. The first-order valence-electron chi connectivity index (χ1n) is 19.8. The molecule has 11 rings (SSSR count). The van der Waals surface area contributed by atoms with Gasteiger partial charge in [0, 0.05) is 89.9 Å². The minimum Gasteiger partial charge on any atom is -0.311 e. The fourth-order valence-corrected chi connectivity index (χ4v) is 9.76. The second-order valence-corrected chi connectivity index (χ2v) is 15.7. The van der Waals surface area contributed by atoms with Crippen LogP contribution in [0.15, 0.2) is 219 Å². The number of para-hydroxylation sites is 4. The molecular formula is C54H36N4S. The van der Waals surface area contributed by atoms with Crippen LogP contribution in [0.4, 0.5) is 34.1 Å². The Morgan fingerprint density at radius 1 is 0.322 bits per heavy atom. The molecule has 3 aromatic heterocycles. The van der Waals surface area contributed by atoms with Gasteiger partial charge in [-0.25, -0.2) is 0 Å². The standard InChI is InChI=1S/C54H36N4S/c1-5-13-39(14-6-1)57(40-15-7-2-8-16-40)43-25-21-37(22-26-43)47-33-51-53(45-29-31-55-35-49(45)47)54-46-30-32-56-36-50(46)48(34-52(54)59-51)38-23-27-44(28-24-38)58(41-17-9-3-10-18-41)42-19-11-4-12-20-42/h1-36H. The van der Waals surface area contributed by atoms with Crippen molar-refractivity contribution >= 4 is 87.2 Å². The van der Waals surface area contributed by atoms with Crippen molar-refractivity contribution in [2.24, 2.45) is 0 Å². The van der Waals surface area contributed by atoms with Gasteiger partial charge in [-0.1, -0.05) is 97.1 Å². The Morgan fingerprint density at radius 3 is 0.983 bits per heavy atom. The molecular weight excluding hydrogens is 737 g/mol. The Balaban J connectivity index is 1.03. The summed E-state index contributed by atoms with van der Waals surface area (Å²) < 4.78 is 2.50. The maximum Gasteiger partial charge on any atom is 0.0462 e. The lowest BCUT2D eigenvalue weighted by atomic mass is 9.93. The summed E-state index contributed by atoms with van der Waals surface area (Å²) in [5.41, 5.74) is 11.3. The van der Waals surface area contributed by atoms with Gasteiger partial charge in [0.1, 0.15) is 0 Å². The van der Waals surface area contributed by atoms with Crippen LogP contribution >= 0.6 is 11.3 Å². The lowest BCUT2D eigenvalue weighted by Crippen LogP contribution is -2.09. The van der Waals surface area contributed by atoms with Crippen LogP contribution in [0.2, 0.25) is 0 Å². The third kappa shape index (κ3) is 6.16. The Hall–Kier alpha value is -7.60. The van der Waals surface area contributed by atoms with E-state index in [0.29, 0.717) is 0 Å². The lowest BCUT2D eigenvalue weighted by Gasteiger charge is -2.25. The molecule has 0 radical (unpaired) electrons. The molecule has 8 aromatic carbocycles. The van der Waals surface area contributed by atoms with Crippen molar-refractivity contribution in [3.8, 4) is 22.3 Å². The largest absolute Gasteiger partial charge is 0.311 e. The summed E-state index contributed by atoms with van der Waals surface area (Å²) in [4.78, 5) is 13.9. The van der Waals surface area contributed by atoms with Gasteiger partial charge in [0.25, 0.3) is 0 Å². The van der Waals surface area contributed by atoms with Crippen molar-refractivity contribution in [1.29, 1.82) is 0 Å². The molecule has 11 aromatic rings. The van der Waals surface area contributed by atoms with Crippen LogP contribution in [-0.4, -0.2) is 9.97 Å². The van der Waals surface area contributed by atoms with Crippen LogP contribution < -0.4 is 9.80 Å². The van der Waals surface area contributed by atoms with Crippen LogP contribution in [0.3, 0.4) is 0 Å². The molecule has 0 aliphatic carbocycles. The number of benzene rings is 8. The fourth-order valence-electron chi connectivity index (χ4n) is 8.54. The fraction of sp³-hybridized carbons (Fsp3) is 0. The number of pyridine rings is 2. The predicted octanol–water partition coefficient (Wildman–Crippen LogP) is 15.4. The normalized spacial score (nSPS) is 11.4. The first kappa shape index (κ1) is 34.6. The molecule has 0 saturated heterocycles. The summed E-state index contributed by atoms with van der Waals surface area (Å²) >= 11 is 1.86. The zero-order valence-corrected chi connectivity index (χ0v) is 32.8. The molecule has 0 fully saturated rings. The Bertz CT molecular complexity index is 2940. The van der Waals surface area contributed by atoms with E-state index in [9.17, 15) is 0 Å². The summed E-state index contributed by atoms with van der Waals surface area (Å²) in [6.45, 7) is 0. The molecule has 0 aliphatic rings. The highest BCUT2D eigenvalue weighted by Crippen LogP contribution is 2.48. The van der Waals surface area contributed by atoms with E-state index in [2.05, 4.69) is 214 Å². The highest BCUT2D eigenvalue weighted by Gasteiger charge is 2.20. The van der Waals surface area contributed by atoms with Crippen molar-refractivity contribution in [2.75, 3.05) is 9.80 Å². The van der Waals surface area contributed by atoms with Gasteiger partial charge in [0.15, 0.2) is 0 Å². The van der Waals surface area contributed by atoms with E-state index in [-0.39, 0.29) is 0 Å². The third-order valence-corrected chi connectivity index (χ3v) is 12.3. The van der Waals surface area contributed by atoms with E-state index in [1.165, 1.54) is 42.1 Å². The average molecular weight is 773 g/mol. The molecule has 0 unspecified atom stereocenters. The van der Waals surface area contributed by atoms with Gasteiger partial charge in [-0.15, -0.1) is 11.3 Å². The van der Waals surface area contributed by atoms with E-state index < -0.39 is 0 Å². The number of thiophene rings is 1. The summed E-state index contributed by atoms with van der Waals surface area (Å²) in [5, 5.41) is 7.21. The van der Waals surface area contributed by atoms with Gasteiger partial charge in [-0.3, -0.25) is 9.97 Å². The monoisotopic (exact) mass is 772 g/mol. The number of fused-ring (bicyclic) bond motifs is 7. The second-order valence-electron chi connectivity index (χ2n) is 14.6. The van der Waals surface area contributed by atoms with Gasteiger partial charge in [0.2, 0.25) is 0 Å². The van der Waals surface area contributed by atoms with Crippen LogP contribution in [-0.2, 0) is 0 Å². The number of nitrogens with zero attached hydrogens (tertiary/aromatic N) is 4. The van der Waals surface area contributed by atoms with E-state index in [1.54, 1.807) is 0 Å². The van der Waals surface area contributed by atoms with Gasteiger partial charge in [-0.05, 0) is 130 Å². The molecule has 0 spiro atoms. The molecule has 59 heavy (non-hydrogen) atoms. The molecule has 0 bridgehead atoms. The average Bonchev–Trinajstić information content (AvgIpc) is 3.70. The van der Waals surface area contributed by atoms with Crippen molar-refractivity contribution in [3.63, 3.8) is 0 Å². The molecule has 5 heteroatoms. The zero-order valence-electron chi connectivity index (χ0n) is 32.0. The summed E-state index contributed by atoms with van der Waals surface area (Å²) in [7, 11) is 0. The highest BCUT2D eigenvalue weighted by atomic mass is 32.1. The number of hydrogen-bond donors (Lipinski definition) is 0. The Morgan fingerprint density at radius 2 is 0.644 bits per heavy atom. The Labute approximate surface area is 346 Å². The van der Waals surface area contributed by atoms with Gasteiger partial charge in [0.05, 0.1) is 0 Å². The van der Waals surface area contributed by atoms with Crippen molar-refractivity contribution in [2.45, 2.75) is 0 Å². The summed E-state index contributed by atoms with van der Waals surface area (Å²) in [6.07, 6.45) is 7.89. The molecule has 0 atom stereocenters. The van der Waals surface area contributed by atoms with Crippen LogP contribution in [0.5, 0.6) is 0 Å². The van der Waals surface area contributed by atoms with Crippen LogP contribution in [0.1, 0.15) is 0 Å². The van der Waals surface area contributed by atoms with E-state index in [0.717, 1.165) is 56.0 Å². The summed E-state index contributed by atoms with van der Waals surface area (Å²) in [5.74, 6) is 0. The van der Waals surface area contributed by atoms with Crippen molar-refractivity contribution in [1.82, 2.24) is 9.97 Å². The molecule has 3 heterocycles. The second kappa shape index (κ2) is 14.7. The van der Waals surface area contributed by atoms with Crippen molar-refractivity contribution in [3.05, 3.63) is 219 Å². The molecule has 0 saturated carbocycles. The molecule has 278 valence electrons. The molecule has 0 N–H and O–H groups in total. The van der Waals surface area contributed by atoms with E-state index in [1.807, 2.05) is 36.1 Å². The maximum atomic E-state index is 4.65. The van der Waals surface area contributed by atoms with Crippen LogP contribution in [0, 0.1) is 0 Å². The first-order chi connectivity index (χ1) is 29.3. The topological polar surface area (TPSA) is 32.3 Å². The highest BCUT2D eigenvalue weighted by molar-refractivity contribution is 7.26. The lowest BCUT2D eigenvalue weighted by molar-refractivity contribution is 1.28. The van der Waals surface area contributed by atoms with Crippen molar-refractivity contribution < 1.29 is 0 Å². The first-order valence-corrected chi connectivity index (χ1v) is 20.6. The van der Waals surface area contributed by atoms with Gasteiger partial charge < -0.3 is 9.80 Å². The van der Waals surface area contributed by atoms with Gasteiger partial charge in [-0.2, -0.15) is 0 Å². The molecule has 0 amide bonds. The Kier molecular flexibility index (Phi) is 8.64. The SMILES string of the molecule is c1ccc(N(c2ccccc2)c2ccc(-c3cc4sc5cc(-c6ccc(N(c7ccccc7)c7ccccc7)cc6)c6cnccc6c5c4c4ccncc34)cc2)cc1. The number of aromatic nitrogens is 2. The maximum absolute atomic E-state index is 4.65. The number of hydrogen-bond acceptors (Lipinski definition) is 5. The summed E-state index contributed by atoms with van der Waals surface area (Å²) in [6, 6.07) is 69.1. The van der Waals surface area contributed by atoms with E-state index >= 15 is 0 Å². The third-order valence-electron chi connectivity index (χ3n) is 11.2. The predicted molar refractivity (Wildman–Crippen MR) is 250 cm³/mol. The quantitative estimate of drug-likeness (QED) is 0.154. The van der Waals surface area contributed by atoms with Crippen LogP contribution in [0.25, 0.3) is 64.0 Å². The number of anilines is 6. The zero-order chi connectivity index (χ0) is 39.1. The molecule has 0 aliphatic heterocycles. The minimum absolute atomic E-state index is 1.10. The van der Waals surface area contributed by atoms with E-state index in [4.69, 9.17) is 0 Å². The molecule has 4 nitrogen and oxygen atoms in total. The smallest absolute Gasteiger partial charge is 0.0462 e. The minimum atomic E-state index is 1.10. The van der Waals surface area contributed by atoms with Gasteiger partial charge >= 0.3 is 0 Å².